The summed E-state index contributed by atoms with van der Waals surface area (Å²) in [4.78, 5) is 3.79. The van der Waals surface area contributed by atoms with Crippen LogP contribution in [0.15, 0.2) is 0 Å². The molecule has 0 aliphatic heterocycles. The van der Waals surface area contributed by atoms with Crippen LogP contribution in [0.25, 0.3) is 0 Å². The number of hydrogen-bond donors (Lipinski definition) is 0. The summed E-state index contributed by atoms with van der Waals surface area (Å²) in [7, 11) is 0. The van der Waals surface area contributed by atoms with Crippen LogP contribution in [-0.2, 0) is 0 Å². The third-order valence-electron chi connectivity index (χ3n) is 1.61. The summed E-state index contributed by atoms with van der Waals surface area (Å²) in [6.07, 6.45) is 2.27. The number of rotatable bonds is 1. The molecule has 1 fully saturated rings. The Hall–Kier alpha value is -0.410. The molecule has 1 aromatic heterocycles. The lowest BCUT2D eigenvalue weighted by molar-refractivity contribution is 0.871. The Labute approximate surface area is 73.8 Å². The van der Waals surface area contributed by atoms with Crippen LogP contribution in [0.3, 0.4) is 0 Å². The van der Waals surface area contributed by atoms with Gasteiger partial charge < -0.3 is 0 Å². The first kappa shape index (κ1) is 7.25. The second-order valence-electron chi connectivity index (χ2n) is 2.53. The summed E-state index contributed by atoms with van der Waals surface area (Å²) in [6.45, 7) is 0. The van der Waals surface area contributed by atoms with E-state index in [2.05, 4.69) is 15.2 Å². The molecule has 1 heterocycles. The molecule has 58 valence electrons. The number of hydrogen-bond acceptors (Lipinski definition) is 3. The fourth-order valence-electron chi connectivity index (χ4n) is 0.904. The van der Waals surface area contributed by atoms with E-state index >= 15 is 0 Å². The van der Waals surface area contributed by atoms with Crippen LogP contribution >= 0.6 is 23.2 Å². The highest BCUT2D eigenvalue weighted by atomic mass is 35.5. The van der Waals surface area contributed by atoms with Crippen molar-refractivity contribution in [3.05, 3.63) is 16.1 Å². The molecule has 5 heteroatoms. The Morgan fingerprint density at radius 1 is 1.18 bits per heavy atom. The van der Waals surface area contributed by atoms with E-state index in [1.54, 1.807) is 0 Å². The normalized spacial score (nSPS) is 16.9. The monoisotopic (exact) mass is 189 g/mol. The number of nitrogens with zero attached hydrogens (tertiary/aromatic N) is 3. The zero-order valence-corrected chi connectivity index (χ0v) is 7.10. The molecule has 1 saturated carbocycles. The second-order valence-corrected chi connectivity index (χ2v) is 3.23. The van der Waals surface area contributed by atoms with Crippen LogP contribution in [0.2, 0.25) is 10.4 Å². The van der Waals surface area contributed by atoms with Crippen molar-refractivity contribution in [3.8, 4) is 0 Å². The smallest absolute Gasteiger partial charge is 0.203 e. The first-order chi connectivity index (χ1) is 5.27. The molecule has 3 nitrogen and oxygen atoms in total. The Morgan fingerprint density at radius 2 is 1.91 bits per heavy atom. The van der Waals surface area contributed by atoms with E-state index in [0.717, 1.165) is 18.5 Å². The Bertz CT molecular complexity index is 285. The molecular weight excluding hydrogens is 185 g/mol. The van der Waals surface area contributed by atoms with Gasteiger partial charge in [-0.3, -0.25) is 0 Å². The molecule has 0 saturated heterocycles. The highest BCUT2D eigenvalue weighted by Crippen LogP contribution is 2.41. The summed E-state index contributed by atoms with van der Waals surface area (Å²) in [5, 5.41) is 7.99. The van der Waals surface area contributed by atoms with Crippen LogP contribution in [0.1, 0.15) is 24.5 Å². The van der Waals surface area contributed by atoms with Crippen molar-refractivity contribution in [2.75, 3.05) is 0 Å². The van der Waals surface area contributed by atoms with Crippen molar-refractivity contribution in [1.29, 1.82) is 0 Å². The van der Waals surface area contributed by atoms with Gasteiger partial charge in [0.05, 0.1) is 0 Å². The third kappa shape index (κ3) is 1.44. The van der Waals surface area contributed by atoms with E-state index in [4.69, 9.17) is 23.2 Å². The Balaban J connectivity index is 2.39. The van der Waals surface area contributed by atoms with Gasteiger partial charge in [0.25, 0.3) is 0 Å². The van der Waals surface area contributed by atoms with Crippen molar-refractivity contribution in [3.63, 3.8) is 0 Å². The standard InChI is InChI=1S/C6H5Cl2N3/c7-5-4(3-1-2-3)10-11-6(8)9-5/h3H,1-2H2. The van der Waals surface area contributed by atoms with E-state index in [1.807, 2.05) is 0 Å². The van der Waals surface area contributed by atoms with Crippen LogP contribution in [0.5, 0.6) is 0 Å². The molecule has 0 bridgehead atoms. The molecule has 0 radical (unpaired) electrons. The Kier molecular flexibility index (Phi) is 1.69. The van der Waals surface area contributed by atoms with Crippen molar-refractivity contribution >= 4 is 23.2 Å². The van der Waals surface area contributed by atoms with Gasteiger partial charge in [0.15, 0.2) is 5.15 Å². The Morgan fingerprint density at radius 3 is 2.45 bits per heavy atom. The quantitative estimate of drug-likeness (QED) is 0.680. The molecule has 0 aromatic carbocycles. The molecule has 11 heavy (non-hydrogen) atoms. The largest absolute Gasteiger partial charge is 0.244 e. The minimum Gasteiger partial charge on any atom is -0.203 e. The maximum absolute atomic E-state index is 5.77. The maximum atomic E-state index is 5.77. The zero-order valence-electron chi connectivity index (χ0n) is 5.59. The molecule has 1 aromatic rings. The van der Waals surface area contributed by atoms with Crippen molar-refractivity contribution in [2.24, 2.45) is 0 Å². The van der Waals surface area contributed by atoms with Gasteiger partial charge in [-0.15, -0.1) is 10.2 Å². The summed E-state index contributed by atoms with van der Waals surface area (Å²) < 4.78 is 0. The first-order valence-electron chi connectivity index (χ1n) is 3.33. The van der Waals surface area contributed by atoms with Crippen LogP contribution in [-0.4, -0.2) is 15.2 Å². The molecule has 0 unspecified atom stereocenters. The average molecular weight is 190 g/mol. The van der Waals surface area contributed by atoms with Gasteiger partial charge in [-0.2, -0.15) is 0 Å². The van der Waals surface area contributed by atoms with E-state index in [1.165, 1.54) is 0 Å². The molecule has 1 aliphatic rings. The molecule has 0 spiro atoms. The van der Waals surface area contributed by atoms with Crippen LogP contribution < -0.4 is 0 Å². The molecule has 1 aliphatic carbocycles. The van der Waals surface area contributed by atoms with E-state index in [-0.39, 0.29) is 5.28 Å². The van der Waals surface area contributed by atoms with Crippen molar-refractivity contribution in [2.45, 2.75) is 18.8 Å². The predicted molar refractivity (Wildman–Crippen MR) is 41.8 cm³/mol. The van der Waals surface area contributed by atoms with Crippen molar-refractivity contribution in [1.82, 2.24) is 15.2 Å². The third-order valence-corrected chi connectivity index (χ3v) is 2.04. The molecule has 0 atom stereocenters. The van der Waals surface area contributed by atoms with Gasteiger partial charge >= 0.3 is 0 Å². The SMILES string of the molecule is Clc1nnc(C2CC2)c(Cl)n1. The fraction of sp³-hybridized carbons (Fsp3) is 0.500. The van der Waals surface area contributed by atoms with Crippen molar-refractivity contribution < 1.29 is 0 Å². The summed E-state index contributed by atoms with van der Waals surface area (Å²) in [5.41, 5.74) is 0.788. The van der Waals surface area contributed by atoms with Gasteiger partial charge in [-0.1, -0.05) is 11.6 Å². The fourth-order valence-corrected chi connectivity index (χ4v) is 1.34. The molecule has 0 N–H and O–H groups in total. The van der Waals surface area contributed by atoms with Gasteiger partial charge in [-0.05, 0) is 24.4 Å². The summed E-state index contributed by atoms with van der Waals surface area (Å²) >= 11 is 11.2. The van der Waals surface area contributed by atoms with Crippen LogP contribution in [0.4, 0.5) is 0 Å². The van der Waals surface area contributed by atoms with Crippen LogP contribution in [0, 0.1) is 0 Å². The predicted octanol–water partition coefficient (Wildman–Crippen LogP) is 2.06. The van der Waals surface area contributed by atoms with E-state index in [9.17, 15) is 0 Å². The zero-order chi connectivity index (χ0) is 7.84. The van der Waals surface area contributed by atoms with E-state index < -0.39 is 0 Å². The lowest BCUT2D eigenvalue weighted by Crippen LogP contribution is -1.95. The van der Waals surface area contributed by atoms with Gasteiger partial charge in [0, 0.05) is 5.92 Å². The topological polar surface area (TPSA) is 38.7 Å². The average Bonchev–Trinajstić information content (AvgIpc) is 2.70. The number of aromatic nitrogens is 3. The molecule has 2 rings (SSSR count). The summed E-state index contributed by atoms with van der Waals surface area (Å²) in [6, 6.07) is 0. The van der Waals surface area contributed by atoms with Gasteiger partial charge in [0.2, 0.25) is 5.28 Å². The van der Waals surface area contributed by atoms with Gasteiger partial charge in [0.1, 0.15) is 5.69 Å². The lowest BCUT2D eigenvalue weighted by atomic mass is 10.3. The first-order valence-corrected chi connectivity index (χ1v) is 4.08. The minimum absolute atomic E-state index is 0.111. The number of halogens is 2. The highest BCUT2D eigenvalue weighted by molar-refractivity contribution is 6.32. The lowest BCUT2D eigenvalue weighted by Gasteiger charge is -1.96. The molecule has 0 amide bonds. The minimum atomic E-state index is 0.111. The highest BCUT2D eigenvalue weighted by Gasteiger charge is 2.28. The van der Waals surface area contributed by atoms with Gasteiger partial charge in [-0.25, -0.2) is 4.98 Å². The second kappa shape index (κ2) is 2.57. The molecular formula is C6H5Cl2N3. The maximum Gasteiger partial charge on any atom is 0.244 e. The summed E-state index contributed by atoms with van der Waals surface area (Å²) in [5.74, 6) is 0.472. The van der Waals surface area contributed by atoms with E-state index in [0.29, 0.717) is 11.1 Å².